The Morgan fingerprint density at radius 2 is 2.21 bits per heavy atom. The van der Waals surface area contributed by atoms with Crippen LogP contribution in [0.4, 0.5) is 0 Å². The van der Waals surface area contributed by atoms with E-state index >= 15 is 0 Å². The molecule has 1 atom stereocenters. The van der Waals surface area contributed by atoms with Crippen molar-refractivity contribution in [3.05, 3.63) is 27.4 Å². The van der Waals surface area contributed by atoms with E-state index in [9.17, 15) is 4.79 Å². The third kappa shape index (κ3) is 3.22. The van der Waals surface area contributed by atoms with E-state index < -0.39 is 0 Å². The lowest BCUT2D eigenvalue weighted by molar-refractivity contribution is -0.144. The van der Waals surface area contributed by atoms with Gasteiger partial charge in [-0.05, 0) is 32.4 Å². The highest BCUT2D eigenvalue weighted by molar-refractivity contribution is 7.16. The van der Waals surface area contributed by atoms with E-state index in [4.69, 9.17) is 4.74 Å². The van der Waals surface area contributed by atoms with E-state index in [1.165, 1.54) is 16.2 Å². The maximum atomic E-state index is 11.7. The van der Waals surface area contributed by atoms with Crippen LogP contribution >= 0.6 is 22.7 Å². The molecule has 2 heterocycles. The third-order valence-electron chi connectivity index (χ3n) is 2.80. The summed E-state index contributed by atoms with van der Waals surface area (Å²) < 4.78 is 5.02. The number of ether oxygens (including phenoxy) is 1. The van der Waals surface area contributed by atoms with Gasteiger partial charge in [0.25, 0.3) is 0 Å². The van der Waals surface area contributed by atoms with Crippen molar-refractivity contribution in [3.63, 3.8) is 0 Å². The van der Waals surface area contributed by atoms with Crippen molar-refractivity contribution in [2.24, 2.45) is 0 Å². The Labute approximate surface area is 121 Å². The van der Waals surface area contributed by atoms with Crippen molar-refractivity contribution in [2.45, 2.75) is 33.1 Å². The van der Waals surface area contributed by atoms with Crippen molar-refractivity contribution < 1.29 is 9.53 Å². The highest BCUT2D eigenvalue weighted by Crippen LogP contribution is 2.31. The molecule has 3 nitrogen and oxygen atoms in total. The monoisotopic (exact) mass is 295 g/mol. The van der Waals surface area contributed by atoms with E-state index in [2.05, 4.69) is 24.0 Å². The van der Waals surface area contributed by atoms with Gasteiger partial charge in [-0.25, -0.2) is 4.98 Å². The van der Waals surface area contributed by atoms with Crippen LogP contribution < -0.4 is 0 Å². The highest BCUT2D eigenvalue weighted by atomic mass is 32.1. The molecule has 0 N–H and O–H groups in total. The number of aromatic nitrogens is 1. The number of aryl methyl sites for hydroxylation is 1. The lowest BCUT2D eigenvalue weighted by Gasteiger charge is -2.06. The van der Waals surface area contributed by atoms with Crippen molar-refractivity contribution in [1.82, 2.24) is 4.98 Å². The SMILES string of the molecule is CCOC(=O)C(C)c1nc(-c2ccc(CC)s2)cs1. The molecule has 102 valence electrons. The van der Waals surface area contributed by atoms with Crippen LogP contribution in [-0.2, 0) is 16.0 Å². The molecule has 0 bridgehead atoms. The third-order valence-corrected chi connectivity index (χ3v) is 5.07. The van der Waals surface area contributed by atoms with Crippen molar-refractivity contribution in [1.29, 1.82) is 0 Å². The summed E-state index contributed by atoms with van der Waals surface area (Å²) in [6.45, 7) is 6.21. The Kier molecular flexibility index (Phi) is 4.71. The number of thiophene rings is 1. The fourth-order valence-electron chi connectivity index (χ4n) is 1.67. The van der Waals surface area contributed by atoms with Crippen LogP contribution in [-0.4, -0.2) is 17.6 Å². The molecule has 0 saturated carbocycles. The molecule has 0 radical (unpaired) electrons. The molecule has 2 rings (SSSR count). The van der Waals surface area contributed by atoms with Gasteiger partial charge < -0.3 is 4.74 Å². The van der Waals surface area contributed by atoms with Crippen LogP contribution in [0.5, 0.6) is 0 Å². The first-order valence-electron chi connectivity index (χ1n) is 6.36. The largest absolute Gasteiger partial charge is 0.465 e. The van der Waals surface area contributed by atoms with Gasteiger partial charge in [0, 0.05) is 10.3 Å². The number of carbonyl (C=O) groups excluding carboxylic acids is 1. The molecular weight excluding hydrogens is 278 g/mol. The van der Waals surface area contributed by atoms with Crippen LogP contribution in [0.25, 0.3) is 10.6 Å². The number of nitrogens with zero attached hydrogens (tertiary/aromatic N) is 1. The molecule has 2 aromatic rings. The summed E-state index contributed by atoms with van der Waals surface area (Å²) in [5.41, 5.74) is 0.959. The predicted molar refractivity (Wildman–Crippen MR) is 79.9 cm³/mol. The van der Waals surface area contributed by atoms with Crippen molar-refractivity contribution in [2.75, 3.05) is 6.61 Å². The molecule has 0 aliphatic heterocycles. The first-order chi connectivity index (χ1) is 9.15. The zero-order chi connectivity index (χ0) is 13.8. The number of hydrogen-bond acceptors (Lipinski definition) is 5. The predicted octanol–water partition coefficient (Wildman–Crippen LogP) is 4.10. The first kappa shape index (κ1) is 14.2. The standard InChI is InChI=1S/C14H17NO2S2/c1-4-10-6-7-12(19-10)11-8-18-13(15-11)9(3)14(16)17-5-2/h6-9H,4-5H2,1-3H3. The maximum Gasteiger partial charge on any atom is 0.315 e. The quantitative estimate of drug-likeness (QED) is 0.780. The van der Waals surface area contributed by atoms with Gasteiger partial charge in [-0.1, -0.05) is 6.92 Å². The van der Waals surface area contributed by atoms with E-state index in [0.717, 1.165) is 22.0 Å². The van der Waals surface area contributed by atoms with Gasteiger partial charge >= 0.3 is 5.97 Å². The molecule has 0 aromatic carbocycles. The minimum absolute atomic E-state index is 0.205. The molecular formula is C14H17NO2S2. The number of rotatable bonds is 5. The molecule has 5 heteroatoms. The Morgan fingerprint density at radius 1 is 1.42 bits per heavy atom. The molecule has 0 aliphatic carbocycles. The Bertz CT molecular complexity index is 559. The van der Waals surface area contributed by atoms with E-state index in [1.807, 2.05) is 19.2 Å². The molecule has 2 aromatic heterocycles. The highest BCUT2D eigenvalue weighted by Gasteiger charge is 2.20. The Hall–Kier alpha value is -1.20. The topological polar surface area (TPSA) is 39.2 Å². The lowest BCUT2D eigenvalue weighted by atomic mass is 10.2. The summed E-state index contributed by atoms with van der Waals surface area (Å²) >= 11 is 3.28. The first-order valence-corrected chi connectivity index (χ1v) is 8.06. The average Bonchev–Trinajstić information content (AvgIpc) is 3.06. The van der Waals surface area contributed by atoms with Crippen LogP contribution in [0.2, 0.25) is 0 Å². The fraction of sp³-hybridized carbons (Fsp3) is 0.429. The van der Waals surface area contributed by atoms with Gasteiger partial charge in [-0.15, -0.1) is 22.7 Å². The smallest absolute Gasteiger partial charge is 0.315 e. The zero-order valence-electron chi connectivity index (χ0n) is 11.3. The van der Waals surface area contributed by atoms with E-state index in [0.29, 0.717) is 6.61 Å². The zero-order valence-corrected chi connectivity index (χ0v) is 12.9. The number of hydrogen-bond donors (Lipinski definition) is 0. The summed E-state index contributed by atoms with van der Waals surface area (Å²) in [7, 11) is 0. The number of carbonyl (C=O) groups is 1. The minimum Gasteiger partial charge on any atom is -0.465 e. The summed E-state index contributed by atoms with van der Waals surface area (Å²) in [6.07, 6.45) is 1.04. The molecule has 0 saturated heterocycles. The van der Waals surface area contributed by atoms with Crippen LogP contribution in [0.15, 0.2) is 17.5 Å². The molecule has 0 amide bonds. The fourth-order valence-corrected chi connectivity index (χ4v) is 3.52. The maximum absolute atomic E-state index is 11.7. The van der Waals surface area contributed by atoms with E-state index in [-0.39, 0.29) is 11.9 Å². The molecule has 0 spiro atoms. The van der Waals surface area contributed by atoms with Crippen molar-refractivity contribution >= 4 is 28.6 Å². The minimum atomic E-state index is -0.288. The number of esters is 1. The molecule has 0 fully saturated rings. The van der Waals surface area contributed by atoms with E-state index in [1.54, 1.807) is 11.3 Å². The van der Waals surface area contributed by atoms with Gasteiger partial charge in [-0.2, -0.15) is 0 Å². The average molecular weight is 295 g/mol. The summed E-state index contributed by atoms with van der Waals surface area (Å²) in [5.74, 6) is -0.492. The number of thiazole rings is 1. The van der Waals surface area contributed by atoms with Gasteiger partial charge in [0.1, 0.15) is 10.9 Å². The molecule has 0 aliphatic rings. The van der Waals surface area contributed by atoms with Gasteiger partial charge in [0.05, 0.1) is 17.2 Å². The lowest BCUT2D eigenvalue weighted by Crippen LogP contribution is -2.12. The van der Waals surface area contributed by atoms with Crippen LogP contribution in [0.1, 0.15) is 36.6 Å². The Morgan fingerprint density at radius 3 is 2.84 bits per heavy atom. The van der Waals surface area contributed by atoms with Crippen LogP contribution in [0.3, 0.4) is 0 Å². The normalized spacial score (nSPS) is 12.4. The molecule has 19 heavy (non-hydrogen) atoms. The van der Waals surface area contributed by atoms with Crippen LogP contribution in [0, 0.1) is 0 Å². The second-order valence-electron chi connectivity index (χ2n) is 4.16. The summed E-state index contributed by atoms with van der Waals surface area (Å²) in [5, 5.41) is 2.83. The van der Waals surface area contributed by atoms with Gasteiger partial charge in [-0.3, -0.25) is 4.79 Å². The van der Waals surface area contributed by atoms with Crippen molar-refractivity contribution in [3.8, 4) is 10.6 Å². The second kappa shape index (κ2) is 6.30. The molecule has 1 unspecified atom stereocenters. The second-order valence-corrected chi connectivity index (χ2v) is 6.22. The Balaban J connectivity index is 2.16. The summed E-state index contributed by atoms with van der Waals surface area (Å²) in [6, 6.07) is 4.23. The summed E-state index contributed by atoms with van der Waals surface area (Å²) in [4.78, 5) is 18.8. The van der Waals surface area contributed by atoms with Gasteiger partial charge in [0.15, 0.2) is 0 Å². The van der Waals surface area contributed by atoms with Gasteiger partial charge in [0.2, 0.25) is 0 Å².